The van der Waals surface area contributed by atoms with Crippen molar-refractivity contribution in [2.45, 2.75) is 12.6 Å². The van der Waals surface area contributed by atoms with E-state index in [1.54, 1.807) is 12.1 Å². The highest BCUT2D eigenvalue weighted by Gasteiger charge is 2.30. The van der Waals surface area contributed by atoms with E-state index in [9.17, 15) is 9.90 Å². The molecule has 1 aromatic carbocycles. The quantitative estimate of drug-likeness (QED) is 0.436. The van der Waals surface area contributed by atoms with E-state index in [1.165, 1.54) is 13.0 Å². The first-order chi connectivity index (χ1) is 8.04. The van der Waals surface area contributed by atoms with Crippen LogP contribution in [-0.4, -0.2) is 37.7 Å². The average molecular weight is 233 g/mol. The molecule has 1 atom stereocenters. The number of benzene rings is 1. The number of nitrogens with one attached hydrogen (secondary N) is 1. The van der Waals surface area contributed by atoms with Gasteiger partial charge in [-0.2, -0.15) is 0 Å². The molecule has 0 saturated heterocycles. The lowest BCUT2D eigenvalue weighted by Crippen LogP contribution is -2.49. The van der Waals surface area contributed by atoms with Crippen molar-refractivity contribution >= 4 is 13.6 Å². The smallest absolute Gasteiger partial charge is 0.231 e. The highest BCUT2D eigenvalue weighted by molar-refractivity contribution is 6.09. The minimum atomic E-state index is -1.69. The zero-order valence-corrected chi connectivity index (χ0v) is 9.40. The maximum Gasteiger partial charge on any atom is 0.231 e. The predicted molar refractivity (Wildman–Crippen MR) is 61.3 cm³/mol. The van der Waals surface area contributed by atoms with Crippen LogP contribution in [0.1, 0.15) is 17.3 Å². The average Bonchev–Trinajstić information content (AvgIpc) is 2.74. The van der Waals surface area contributed by atoms with E-state index < -0.39 is 11.5 Å². The number of carbonyl (C=O) groups is 1. The third-order valence-electron chi connectivity index (χ3n) is 2.52. The van der Waals surface area contributed by atoms with Crippen molar-refractivity contribution in [3.8, 4) is 11.5 Å². The fourth-order valence-corrected chi connectivity index (χ4v) is 1.60. The number of ether oxygens (including phenoxy) is 2. The van der Waals surface area contributed by atoms with Gasteiger partial charge in [-0.05, 0) is 31.6 Å². The summed E-state index contributed by atoms with van der Waals surface area (Å²) in [6.45, 7) is 1.50. The molecule has 0 spiro atoms. The van der Waals surface area contributed by atoms with Crippen LogP contribution in [0.5, 0.6) is 11.5 Å². The summed E-state index contributed by atoms with van der Waals surface area (Å²) in [4.78, 5) is 12.0. The van der Waals surface area contributed by atoms with Crippen molar-refractivity contribution in [3.05, 3.63) is 23.8 Å². The van der Waals surface area contributed by atoms with E-state index in [0.29, 0.717) is 17.1 Å². The first-order valence-corrected chi connectivity index (χ1v) is 5.16. The summed E-state index contributed by atoms with van der Waals surface area (Å²) in [5.41, 5.74) is -1.36. The minimum Gasteiger partial charge on any atom is -0.454 e. The Labute approximate surface area is 100 Å². The Morgan fingerprint density at radius 1 is 1.53 bits per heavy atom. The number of hydrogen-bond acceptors (Lipinski definition) is 5. The summed E-state index contributed by atoms with van der Waals surface area (Å²) in [7, 11) is 5.25. The Balaban J connectivity index is 2.26. The molecule has 2 N–H and O–H groups in total. The Bertz CT molecular complexity index is 447. The second-order valence-electron chi connectivity index (χ2n) is 3.85. The van der Waals surface area contributed by atoms with Crippen molar-refractivity contribution in [2.75, 3.05) is 13.2 Å². The molecular weight excluding hydrogens is 221 g/mol. The molecule has 1 aromatic rings. The van der Waals surface area contributed by atoms with E-state index in [0.717, 1.165) is 0 Å². The predicted octanol–water partition coefficient (Wildman–Crippen LogP) is 0.0221. The van der Waals surface area contributed by atoms with Crippen molar-refractivity contribution < 1.29 is 19.4 Å². The van der Waals surface area contributed by atoms with Crippen LogP contribution in [0.4, 0.5) is 0 Å². The van der Waals surface area contributed by atoms with E-state index in [2.05, 4.69) is 5.32 Å². The zero-order valence-electron chi connectivity index (χ0n) is 9.40. The van der Waals surface area contributed by atoms with Gasteiger partial charge in [-0.25, -0.2) is 0 Å². The molecule has 0 fully saturated rings. The normalized spacial score (nSPS) is 16.6. The summed E-state index contributed by atoms with van der Waals surface area (Å²) in [5, 5.41) is 12.4. The first kappa shape index (κ1) is 11.9. The van der Waals surface area contributed by atoms with E-state index in [1.807, 2.05) is 0 Å². The summed E-state index contributed by atoms with van der Waals surface area (Å²) in [6.07, 6.45) is 0.00327. The Morgan fingerprint density at radius 3 is 2.94 bits per heavy atom. The number of aliphatic hydroxyl groups is 1. The molecule has 1 aliphatic rings. The molecule has 0 aromatic heterocycles. The summed E-state index contributed by atoms with van der Waals surface area (Å²) < 4.78 is 10.3. The molecule has 0 saturated carbocycles. The van der Waals surface area contributed by atoms with Crippen molar-refractivity contribution in [3.63, 3.8) is 0 Å². The van der Waals surface area contributed by atoms with Crippen LogP contribution >= 0.6 is 0 Å². The largest absolute Gasteiger partial charge is 0.454 e. The highest BCUT2D eigenvalue weighted by Crippen LogP contribution is 2.33. The number of hydrogen-bond donors (Lipinski definition) is 2. The number of carbonyl (C=O) groups excluding carboxylic acids is 1. The zero-order chi connectivity index (χ0) is 12.5. The molecule has 2 radical (unpaired) electrons. The molecule has 2 rings (SSSR count). The second-order valence-corrected chi connectivity index (χ2v) is 3.85. The van der Waals surface area contributed by atoms with Crippen LogP contribution in [0.2, 0.25) is 0 Å². The molecule has 6 heteroatoms. The molecule has 0 aliphatic carbocycles. The molecule has 0 unspecified atom stereocenters. The van der Waals surface area contributed by atoms with Crippen LogP contribution < -0.4 is 14.8 Å². The van der Waals surface area contributed by atoms with Gasteiger partial charge < -0.3 is 14.6 Å². The number of ketones is 1. The van der Waals surface area contributed by atoms with Gasteiger partial charge in [0, 0.05) is 5.56 Å². The van der Waals surface area contributed by atoms with Crippen LogP contribution in [0, 0.1) is 0 Å². The van der Waals surface area contributed by atoms with Crippen LogP contribution in [0.3, 0.4) is 0 Å². The van der Waals surface area contributed by atoms with Crippen LogP contribution in [0.15, 0.2) is 18.2 Å². The topological polar surface area (TPSA) is 67.8 Å². The molecule has 1 aliphatic heterocycles. The van der Waals surface area contributed by atoms with Gasteiger partial charge in [0.2, 0.25) is 12.6 Å². The summed E-state index contributed by atoms with van der Waals surface area (Å²) in [6, 6.07) is 4.74. The maximum atomic E-state index is 12.0. The number of fused-ring (bicyclic) bond motifs is 1. The highest BCUT2D eigenvalue weighted by atomic mass is 16.7. The van der Waals surface area contributed by atoms with Gasteiger partial charge >= 0.3 is 0 Å². The summed E-state index contributed by atoms with van der Waals surface area (Å²) >= 11 is 0. The van der Waals surface area contributed by atoms with Gasteiger partial charge in [0.25, 0.3) is 0 Å². The monoisotopic (exact) mass is 233 g/mol. The van der Waals surface area contributed by atoms with Gasteiger partial charge in [-0.1, -0.05) is 0 Å². The lowest BCUT2D eigenvalue weighted by molar-refractivity contribution is 0.0263. The first-order valence-electron chi connectivity index (χ1n) is 5.16. The molecule has 0 bridgehead atoms. The molecule has 88 valence electrons. The Kier molecular flexibility index (Phi) is 3.08. The van der Waals surface area contributed by atoms with E-state index in [4.69, 9.17) is 17.3 Å². The lowest BCUT2D eigenvalue weighted by Gasteiger charge is -2.22. The number of Topliss-reactive ketones (excluding diaryl/α,β-unsaturated/α-hetero) is 1. The van der Waals surface area contributed by atoms with Crippen molar-refractivity contribution in [2.24, 2.45) is 0 Å². The molecule has 5 nitrogen and oxygen atoms in total. The van der Waals surface area contributed by atoms with Gasteiger partial charge in [0.05, 0.1) is 7.85 Å². The molecule has 17 heavy (non-hydrogen) atoms. The Morgan fingerprint density at radius 2 is 2.24 bits per heavy atom. The lowest BCUT2D eigenvalue weighted by atomic mass is 10.00. The fourth-order valence-electron chi connectivity index (χ4n) is 1.60. The van der Waals surface area contributed by atoms with Gasteiger partial charge in [0.15, 0.2) is 17.2 Å². The molecular formula is C11H12BNO4. The van der Waals surface area contributed by atoms with Crippen LogP contribution in [0.25, 0.3) is 0 Å². The van der Waals surface area contributed by atoms with Gasteiger partial charge in [0.1, 0.15) is 0 Å². The van der Waals surface area contributed by atoms with Crippen molar-refractivity contribution in [1.29, 1.82) is 0 Å². The fraction of sp³-hybridized carbons (Fsp3) is 0.364. The van der Waals surface area contributed by atoms with Gasteiger partial charge in [-0.3, -0.25) is 10.1 Å². The third-order valence-corrected chi connectivity index (χ3v) is 2.52. The van der Waals surface area contributed by atoms with Crippen molar-refractivity contribution in [1.82, 2.24) is 5.32 Å². The minimum absolute atomic E-state index is 0.00327. The maximum absolute atomic E-state index is 12.0. The van der Waals surface area contributed by atoms with Gasteiger partial charge in [-0.15, -0.1) is 0 Å². The Hall–Kier alpha value is -1.53. The number of rotatable bonds is 4. The molecule has 0 amide bonds. The SMILES string of the molecule is [B]CN[C@@](C)(O)C(=O)c1ccc2c(c1)OCO2. The third kappa shape index (κ3) is 2.27. The van der Waals surface area contributed by atoms with E-state index >= 15 is 0 Å². The molecule has 1 heterocycles. The second kappa shape index (κ2) is 4.39. The van der Waals surface area contributed by atoms with Crippen LogP contribution in [-0.2, 0) is 0 Å². The summed E-state index contributed by atoms with van der Waals surface area (Å²) in [5.74, 6) is 0.619. The van der Waals surface area contributed by atoms with E-state index in [-0.39, 0.29) is 13.2 Å². The standard InChI is InChI=1S/C11H12BNO4/c1-11(15,13-5-12)10(14)7-2-3-8-9(4-7)17-6-16-8/h2-4,13,15H,5-6H2,1H3/t11-/m0/s1.